The molecule has 1 heterocycles. The van der Waals surface area contributed by atoms with Crippen molar-refractivity contribution in [2.24, 2.45) is 0 Å². The van der Waals surface area contributed by atoms with E-state index in [1.165, 1.54) is 0 Å². The summed E-state index contributed by atoms with van der Waals surface area (Å²) < 4.78 is 5.57. The fourth-order valence-corrected chi connectivity index (χ4v) is 1.66. The summed E-state index contributed by atoms with van der Waals surface area (Å²) in [4.78, 5) is 7.91. The van der Waals surface area contributed by atoms with Gasteiger partial charge in [-0.3, -0.25) is 0 Å². The fraction of sp³-hybridized carbons (Fsp3) is 0.188. The SMILES string of the molecule is CC/C=C/COc1ccc(-c2cnc(C#N)nc2)cc1. The van der Waals surface area contributed by atoms with E-state index in [1.54, 1.807) is 12.4 Å². The van der Waals surface area contributed by atoms with Gasteiger partial charge in [0.05, 0.1) is 0 Å². The molecule has 0 atom stereocenters. The van der Waals surface area contributed by atoms with E-state index >= 15 is 0 Å². The first-order chi connectivity index (χ1) is 9.83. The lowest BCUT2D eigenvalue weighted by Gasteiger charge is -2.05. The van der Waals surface area contributed by atoms with Crippen molar-refractivity contribution >= 4 is 0 Å². The molecule has 2 aromatic rings. The first-order valence-electron chi connectivity index (χ1n) is 6.44. The molecule has 0 bridgehead atoms. The lowest BCUT2D eigenvalue weighted by Crippen LogP contribution is -1.93. The minimum absolute atomic E-state index is 0.177. The van der Waals surface area contributed by atoms with Crippen LogP contribution in [0.5, 0.6) is 5.75 Å². The second-order valence-corrected chi connectivity index (χ2v) is 4.12. The monoisotopic (exact) mass is 265 g/mol. The Kier molecular flexibility index (Phi) is 4.85. The van der Waals surface area contributed by atoms with Gasteiger partial charge in [0.15, 0.2) is 0 Å². The molecular formula is C16H15N3O. The molecule has 0 aliphatic rings. The van der Waals surface area contributed by atoms with Crippen LogP contribution in [0.1, 0.15) is 19.2 Å². The maximum atomic E-state index is 8.66. The van der Waals surface area contributed by atoms with Gasteiger partial charge in [-0.1, -0.05) is 31.2 Å². The van der Waals surface area contributed by atoms with Gasteiger partial charge in [0.25, 0.3) is 0 Å². The van der Waals surface area contributed by atoms with Gasteiger partial charge in [-0.05, 0) is 24.1 Å². The molecule has 1 aromatic carbocycles. The number of ether oxygens (including phenoxy) is 1. The minimum Gasteiger partial charge on any atom is -0.490 e. The minimum atomic E-state index is 0.177. The summed E-state index contributed by atoms with van der Waals surface area (Å²) in [5, 5.41) is 8.66. The average Bonchev–Trinajstić information content (AvgIpc) is 2.52. The second-order valence-electron chi connectivity index (χ2n) is 4.12. The van der Waals surface area contributed by atoms with Crippen LogP contribution >= 0.6 is 0 Å². The number of benzene rings is 1. The molecule has 0 radical (unpaired) electrons. The van der Waals surface area contributed by atoms with Crippen LogP contribution < -0.4 is 4.74 Å². The van der Waals surface area contributed by atoms with Crippen molar-refractivity contribution in [3.63, 3.8) is 0 Å². The Balaban J connectivity index is 2.03. The molecule has 0 saturated heterocycles. The number of nitrogens with zero attached hydrogens (tertiary/aromatic N) is 3. The summed E-state index contributed by atoms with van der Waals surface area (Å²) in [5.74, 6) is 1.00. The second kappa shape index (κ2) is 7.05. The molecule has 4 heteroatoms. The molecule has 0 saturated carbocycles. The van der Waals surface area contributed by atoms with Gasteiger partial charge >= 0.3 is 0 Å². The summed E-state index contributed by atoms with van der Waals surface area (Å²) in [6, 6.07) is 9.62. The molecule has 0 unspecified atom stereocenters. The molecule has 2 rings (SSSR count). The smallest absolute Gasteiger partial charge is 0.232 e. The predicted molar refractivity (Wildman–Crippen MR) is 77.1 cm³/mol. The van der Waals surface area contributed by atoms with Crippen LogP contribution in [0.3, 0.4) is 0 Å². The maximum absolute atomic E-state index is 8.66. The van der Waals surface area contributed by atoms with Gasteiger partial charge in [0, 0.05) is 18.0 Å². The zero-order valence-corrected chi connectivity index (χ0v) is 11.3. The normalized spacial score (nSPS) is 10.4. The van der Waals surface area contributed by atoms with E-state index in [0.29, 0.717) is 6.61 Å². The van der Waals surface area contributed by atoms with Crippen molar-refractivity contribution in [3.05, 3.63) is 54.6 Å². The number of rotatable bonds is 5. The molecule has 100 valence electrons. The van der Waals surface area contributed by atoms with Crippen LogP contribution in [0.15, 0.2) is 48.8 Å². The molecule has 0 spiro atoms. The van der Waals surface area contributed by atoms with E-state index in [4.69, 9.17) is 10.00 Å². The highest BCUT2D eigenvalue weighted by Crippen LogP contribution is 2.21. The number of hydrogen-bond acceptors (Lipinski definition) is 4. The molecule has 0 aliphatic carbocycles. The summed E-state index contributed by atoms with van der Waals surface area (Å²) >= 11 is 0. The quantitative estimate of drug-likeness (QED) is 0.778. The van der Waals surface area contributed by atoms with E-state index in [2.05, 4.69) is 23.0 Å². The first-order valence-corrected chi connectivity index (χ1v) is 6.44. The third-order valence-corrected chi connectivity index (χ3v) is 2.69. The molecule has 0 amide bonds. The van der Waals surface area contributed by atoms with Crippen LogP contribution in [0, 0.1) is 11.3 Å². The molecule has 1 aromatic heterocycles. The van der Waals surface area contributed by atoms with E-state index in [0.717, 1.165) is 23.3 Å². The lowest BCUT2D eigenvalue weighted by molar-refractivity contribution is 0.362. The molecule has 0 aliphatic heterocycles. The van der Waals surface area contributed by atoms with E-state index in [-0.39, 0.29) is 5.82 Å². The van der Waals surface area contributed by atoms with Crippen molar-refractivity contribution in [1.82, 2.24) is 9.97 Å². The number of nitriles is 1. The molecule has 0 fully saturated rings. The molecular weight excluding hydrogens is 250 g/mol. The van der Waals surface area contributed by atoms with Crippen molar-refractivity contribution in [2.45, 2.75) is 13.3 Å². The summed E-state index contributed by atoms with van der Waals surface area (Å²) in [5.41, 5.74) is 1.87. The largest absolute Gasteiger partial charge is 0.490 e. The highest BCUT2D eigenvalue weighted by molar-refractivity contribution is 5.62. The Morgan fingerprint density at radius 2 is 1.80 bits per heavy atom. The maximum Gasteiger partial charge on any atom is 0.232 e. The third kappa shape index (κ3) is 3.66. The zero-order chi connectivity index (χ0) is 14.2. The Morgan fingerprint density at radius 1 is 1.10 bits per heavy atom. The molecule has 20 heavy (non-hydrogen) atoms. The van der Waals surface area contributed by atoms with E-state index in [1.807, 2.05) is 36.4 Å². The summed E-state index contributed by atoms with van der Waals surface area (Å²) in [7, 11) is 0. The van der Waals surface area contributed by atoms with Crippen molar-refractivity contribution in [3.8, 4) is 22.9 Å². The molecule has 4 nitrogen and oxygen atoms in total. The van der Waals surface area contributed by atoms with Gasteiger partial charge < -0.3 is 4.74 Å². The molecule has 0 N–H and O–H groups in total. The van der Waals surface area contributed by atoms with Crippen molar-refractivity contribution in [2.75, 3.05) is 6.61 Å². The van der Waals surface area contributed by atoms with Crippen molar-refractivity contribution in [1.29, 1.82) is 5.26 Å². The Hall–Kier alpha value is -2.67. The first kappa shape index (κ1) is 13.8. The zero-order valence-electron chi connectivity index (χ0n) is 11.3. The van der Waals surface area contributed by atoms with E-state index in [9.17, 15) is 0 Å². The Labute approximate surface area is 118 Å². The average molecular weight is 265 g/mol. The van der Waals surface area contributed by atoms with Crippen LogP contribution in [-0.4, -0.2) is 16.6 Å². The Morgan fingerprint density at radius 3 is 2.40 bits per heavy atom. The van der Waals surface area contributed by atoms with Gasteiger partial charge in [-0.25, -0.2) is 9.97 Å². The van der Waals surface area contributed by atoms with Gasteiger partial charge in [-0.15, -0.1) is 0 Å². The van der Waals surface area contributed by atoms with Gasteiger partial charge in [0.1, 0.15) is 18.4 Å². The topological polar surface area (TPSA) is 58.8 Å². The standard InChI is InChI=1S/C16H15N3O/c1-2-3-4-9-20-15-7-5-13(6-8-15)14-11-18-16(10-17)19-12-14/h3-8,11-12H,2,9H2,1H3/b4-3+. The van der Waals surface area contributed by atoms with E-state index < -0.39 is 0 Å². The fourth-order valence-electron chi connectivity index (χ4n) is 1.66. The van der Waals surface area contributed by atoms with Crippen LogP contribution in [0.2, 0.25) is 0 Å². The van der Waals surface area contributed by atoms with Crippen LogP contribution in [-0.2, 0) is 0 Å². The van der Waals surface area contributed by atoms with Crippen LogP contribution in [0.25, 0.3) is 11.1 Å². The summed E-state index contributed by atoms with van der Waals surface area (Å²) in [6.07, 6.45) is 8.38. The number of aromatic nitrogens is 2. The Bertz CT molecular complexity index is 610. The number of hydrogen-bond donors (Lipinski definition) is 0. The van der Waals surface area contributed by atoms with Gasteiger partial charge in [0.2, 0.25) is 5.82 Å². The highest BCUT2D eigenvalue weighted by Gasteiger charge is 2.00. The third-order valence-electron chi connectivity index (χ3n) is 2.69. The lowest BCUT2D eigenvalue weighted by atomic mass is 10.1. The van der Waals surface area contributed by atoms with Crippen molar-refractivity contribution < 1.29 is 4.74 Å². The van der Waals surface area contributed by atoms with Crippen LogP contribution in [0.4, 0.5) is 0 Å². The van der Waals surface area contributed by atoms with Gasteiger partial charge in [-0.2, -0.15) is 5.26 Å². The predicted octanol–water partition coefficient (Wildman–Crippen LogP) is 3.36. The highest BCUT2D eigenvalue weighted by atomic mass is 16.5. The number of allylic oxidation sites excluding steroid dienone is 1. The summed E-state index contributed by atoms with van der Waals surface area (Å²) in [6.45, 7) is 2.66.